The van der Waals surface area contributed by atoms with E-state index in [1.165, 1.54) is 18.2 Å². The molecule has 280 valence electrons. The Morgan fingerprint density at radius 1 is 0.868 bits per heavy atom. The van der Waals surface area contributed by atoms with Gasteiger partial charge in [-0.3, -0.25) is 22.7 Å². The minimum atomic E-state index is -4.25. The molecule has 0 amide bonds. The van der Waals surface area contributed by atoms with Crippen molar-refractivity contribution in [3.05, 3.63) is 83.7 Å². The van der Waals surface area contributed by atoms with E-state index < -0.39 is 32.7 Å². The average Bonchev–Trinajstić information content (AvgIpc) is 3.07. The summed E-state index contributed by atoms with van der Waals surface area (Å²) in [5.74, 6) is -0.198. The normalized spacial score (nSPS) is 13.0. The van der Waals surface area contributed by atoms with E-state index in [9.17, 15) is 31.0 Å². The molecule has 2 unspecified atom stereocenters. The highest BCUT2D eigenvalue weighted by Crippen LogP contribution is 2.44. The summed E-state index contributed by atoms with van der Waals surface area (Å²) in [6, 6.07) is 17.3. The maximum atomic E-state index is 13.2. The summed E-state index contributed by atoms with van der Waals surface area (Å²) in [7, 11) is -4.25. The first-order valence-corrected chi connectivity index (χ1v) is 19.6. The summed E-state index contributed by atoms with van der Waals surface area (Å²) in [5, 5.41) is 23.9. The lowest BCUT2D eigenvalue weighted by Crippen LogP contribution is -2.13. The van der Waals surface area contributed by atoms with Crippen molar-refractivity contribution in [2.75, 3.05) is 21.4 Å². The van der Waals surface area contributed by atoms with E-state index in [2.05, 4.69) is 39.9 Å². The fourth-order valence-electron chi connectivity index (χ4n) is 5.18. The van der Waals surface area contributed by atoms with Crippen LogP contribution in [-0.4, -0.2) is 58.7 Å². The van der Waals surface area contributed by atoms with Crippen LogP contribution in [0, 0.1) is 0 Å². The van der Waals surface area contributed by atoms with Gasteiger partial charge in [-0.1, -0.05) is 31.2 Å². The molecule has 4 aromatic carbocycles. The number of benzene rings is 4. The fourth-order valence-corrected chi connectivity index (χ4v) is 6.88. The second-order valence-electron chi connectivity index (χ2n) is 11.5. The van der Waals surface area contributed by atoms with Crippen molar-refractivity contribution >= 4 is 77.8 Å². The lowest BCUT2D eigenvalue weighted by Gasteiger charge is -2.17. The van der Waals surface area contributed by atoms with Gasteiger partial charge in [-0.15, -0.1) is 5.11 Å². The van der Waals surface area contributed by atoms with Crippen LogP contribution in [0.15, 0.2) is 81.9 Å². The molecule has 6 N–H and O–H groups in total. The monoisotopic (exact) mass is 784 g/mol. The third-order valence-corrected chi connectivity index (χ3v) is 9.47. The minimum absolute atomic E-state index is 0.0557. The number of anilines is 4. The van der Waals surface area contributed by atoms with Crippen LogP contribution in [0.5, 0.6) is 11.8 Å². The molecule has 0 fully saturated rings. The standard InChI is InChI=1S/C33H36N8O9S3/c1-5-20-14-22-15-25(53(47,48)49-6-2)18-27(29(22)31(42)30(20)39-38-23-11-9-12-24(17-23)40-51(43)44)34-32-35-28(36-33(37-32)50-19(3)4)16-21-10-7-8-13-26(21)41-52(45)46/h7-15,17-19,40-42H,5-6,16H2,1-4H3,(H,43,44)(H,45,46)(H,34,35,36,37). The maximum absolute atomic E-state index is 13.2. The molecule has 0 aliphatic carbocycles. The van der Waals surface area contributed by atoms with Crippen LogP contribution in [0.2, 0.25) is 0 Å². The van der Waals surface area contributed by atoms with Gasteiger partial charge in [0.25, 0.3) is 32.7 Å². The number of rotatable bonds is 16. The maximum Gasteiger partial charge on any atom is 0.321 e. The first-order chi connectivity index (χ1) is 25.3. The SMILES string of the molecule is CCOS(=O)(=O)c1cc(Nc2nc(Cc3ccccc3NS(=O)O)nc(OC(C)C)n2)c2c(O)c(N=Nc3cccc(NS(=O)O)c3)c(CC)cc2c1. The zero-order valence-electron chi connectivity index (χ0n) is 28.8. The van der Waals surface area contributed by atoms with Gasteiger partial charge in [0, 0.05) is 11.8 Å². The van der Waals surface area contributed by atoms with E-state index in [4.69, 9.17) is 8.92 Å². The van der Waals surface area contributed by atoms with E-state index in [-0.39, 0.29) is 64.3 Å². The van der Waals surface area contributed by atoms with Crippen LogP contribution < -0.4 is 19.5 Å². The number of fused-ring (bicyclic) bond motifs is 1. The van der Waals surface area contributed by atoms with Crippen LogP contribution in [0.25, 0.3) is 10.8 Å². The molecule has 0 saturated heterocycles. The lowest BCUT2D eigenvalue weighted by molar-refractivity contribution is 0.221. The van der Waals surface area contributed by atoms with Crippen molar-refractivity contribution in [2.24, 2.45) is 10.2 Å². The number of aryl methyl sites for hydroxylation is 1. The van der Waals surface area contributed by atoms with Crippen LogP contribution >= 0.6 is 0 Å². The molecular formula is C33H36N8O9S3. The number of nitrogens with one attached hydrogen (secondary N) is 3. The molecule has 0 aliphatic rings. The van der Waals surface area contributed by atoms with Crippen molar-refractivity contribution in [3.63, 3.8) is 0 Å². The van der Waals surface area contributed by atoms with Gasteiger partial charge in [0.1, 0.15) is 11.5 Å². The molecule has 0 saturated carbocycles. The summed E-state index contributed by atoms with van der Waals surface area (Å²) >= 11 is -4.64. The molecule has 1 heterocycles. The summed E-state index contributed by atoms with van der Waals surface area (Å²) < 4.78 is 83.5. The van der Waals surface area contributed by atoms with Gasteiger partial charge >= 0.3 is 6.01 Å². The Hall–Kier alpha value is -5.12. The predicted molar refractivity (Wildman–Crippen MR) is 201 cm³/mol. The fraction of sp³-hybridized carbons (Fsp3) is 0.242. The largest absolute Gasteiger partial charge is 0.505 e. The van der Waals surface area contributed by atoms with Gasteiger partial charge < -0.3 is 15.2 Å². The summed E-state index contributed by atoms with van der Waals surface area (Å²) in [4.78, 5) is 13.2. The third kappa shape index (κ3) is 10.1. The molecule has 20 heteroatoms. The van der Waals surface area contributed by atoms with Crippen molar-refractivity contribution in [1.82, 2.24) is 15.0 Å². The first kappa shape index (κ1) is 39.1. The molecule has 0 radical (unpaired) electrons. The van der Waals surface area contributed by atoms with Crippen molar-refractivity contribution in [3.8, 4) is 11.8 Å². The predicted octanol–water partition coefficient (Wildman–Crippen LogP) is 6.65. The molecule has 53 heavy (non-hydrogen) atoms. The van der Waals surface area contributed by atoms with Gasteiger partial charge in [-0.2, -0.15) is 28.5 Å². The lowest BCUT2D eigenvalue weighted by atomic mass is 10.0. The second-order valence-corrected chi connectivity index (χ2v) is 14.5. The Labute approximate surface area is 310 Å². The molecule has 5 rings (SSSR count). The average molecular weight is 785 g/mol. The number of aromatic nitrogens is 3. The molecule has 0 bridgehead atoms. The third-order valence-electron chi connectivity index (χ3n) is 7.31. The number of phenols is 1. The van der Waals surface area contributed by atoms with Gasteiger partial charge in [-0.25, -0.2) is 8.42 Å². The first-order valence-electron chi connectivity index (χ1n) is 16.0. The Balaban J connectivity index is 1.67. The van der Waals surface area contributed by atoms with E-state index in [0.29, 0.717) is 40.0 Å². The van der Waals surface area contributed by atoms with Crippen LogP contribution in [0.4, 0.5) is 34.4 Å². The highest BCUT2D eigenvalue weighted by atomic mass is 32.2. The number of aromatic hydroxyl groups is 1. The van der Waals surface area contributed by atoms with Gasteiger partial charge in [0.15, 0.2) is 5.75 Å². The van der Waals surface area contributed by atoms with Crippen molar-refractivity contribution in [1.29, 1.82) is 0 Å². The summed E-state index contributed by atoms with van der Waals surface area (Å²) in [6.45, 7) is 6.81. The highest BCUT2D eigenvalue weighted by molar-refractivity contribution is 7.86. The number of hydrogen-bond donors (Lipinski definition) is 6. The smallest absolute Gasteiger partial charge is 0.321 e. The van der Waals surface area contributed by atoms with Crippen LogP contribution in [-0.2, 0) is 49.7 Å². The zero-order chi connectivity index (χ0) is 38.3. The summed E-state index contributed by atoms with van der Waals surface area (Å²) in [5.41, 5.74) is 2.29. The minimum Gasteiger partial charge on any atom is -0.505 e. The van der Waals surface area contributed by atoms with E-state index in [0.717, 1.165) is 0 Å². The topological polar surface area (TPSA) is 247 Å². The number of azo groups is 1. The quantitative estimate of drug-likeness (QED) is 0.0349. The van der Waals surface area contributed by atoms with Crippen molar-refractivity contribution < 1.29 is 40.0 Å². The van der Waals surface area contributed by atoms with Gasteiger partial charge in [-0.05, 0) is 86.2 Å². The van der Waals surface area contributed by atoms with E-state index in [1.54, 1.807) is 69.3 Å². The van der Waals surface area contributed by atoms with E-state index >= 15 is 0 Å². The molecular weight excluding hydrogens is 749 g/mol. The molecule has 1 aromatic heterocycles. The summed E-state index contributed by atoms with van der Waals surface area (Å²) in [6.07, 6.45) is 0.115. The van der Waals surface area contributed by atoms with E-state index in [1.807, 2.05) is 6.92 Å². The van der Waals surface area contributed by atoms with Crippen molar-refractivity contribution in [2.45, 2.75) is 51.5 Å². The van der Waals surface area contributed by atoms with Gasteiger partial charge in [0.05, 0.1) is 40.4 Å². The van der Waals surface area contributed by atoms with Crippen LogP contribution in [0.3, 0.4) is 0 Å². The number of hydrogen-bond acceptors (Lipinski definition) is 13. The Bertz CT molecular complexity index is 2330. The molecule has 5 aromatic rings. The zero-order valence-corrected chi connectivity index (χ0v) is 31.3. The molecule has 0 spiro atoms. The second kappa shape index (κ2) is 17.1. The Kier molecular flexibility index (Phi) is 12.6. The number of phenolic OH excluding ortho intramolecular Hbond substituents is 1. The molecule has 0 aliphatic heterocycles. The number of ether oxygens (including phenoxy) is 1. The molecule has 2 atom stereocenters. The molecule has 17 nitrogen and oxygen atoms in total. The Morgan fingerprint density at radius 2 is 1.62 bits per heavy atom. The number of para-hydroxylation sites is 1. The van der Waals surface area contributed by atoms with Crippen LogP contribution in [0.1, 0.15) is 44.6 Å². The highest BCUT2D eigenvalue weighted by Gasteiger charge is 2.23. The van der Waals surface area contributed by atoms with Gasteiger partial charge in [0.2, 0.25) is 5.95 Å². The number of nitrogens with zero attached hydrogens (tertiary/aromatic N) is 5. The Morgan fingerprint density at radius 3 is 2.32 bits per heavy atom.